The van der Waals surface area contributed by atoms with Gasteiger partial charge in [0.2, 0.25) is 0 Å². The number of nitrogens with one attached hydrogen (secondary N) is 2. The SMILES string of the molecule is CCNC(=NCc1ccccc1OCc1ccccc1)NCCOC.I. The Morgan fingerprint density at radius 2 is 1.73 bits per heavy atom. The summed E-state index contributed by atoms with van der Waals surface area (Å²) in [5, 5.41) is 6.47. The predicted octanol–water partition coefficient (Wildman–Crippen LogP) is 3.59. The van der Waals surface area contributed by atoms with E-state index in [0.29, 0.717) is 26.3 Å². The van der Waals surface area contributed by atoms with Crippen LogP contribution in [0.3, 0.4) is 0 Å². The molecule has 0 aromatic heterocycles. The molecule has 2 N–H and O–H groups in total. The number of halogens is 1. The summed E-state index contributed by atoms with van der Waals surface area (Å²) < 4.78 is 11.0. The zero-order valence-electron chi connectivity index (χ0n) is 15.4. The zero-order chi connectivity index (χ0) is 17.7. The van der Waals surface area contributed by atoms with Crippen LogP contribution in [0.1, 0.15) is 18.1 Å². The maximum Gasteiger partial charge on any atom is 0.191 e. The first kappa shape index (κ1) is 22.2. The quantitative estimate of drug-likeness (QED) is 0.255. The minimum Gasteiger partial charge on any atom is -0.489 e. The highest BCUT2D eigenvalue weighted by atomic mass is 127. The molecule has 0 amide bonds. The maximum atomic E-state index is 5.98. The largest absolute Gasteiger partial charge is 0.489 e. The minimum atomic E-state index is 0. The molecule has 0 bridgehead atoms. The molecule has 6 heteroatoms. The number of guanidine groups is 1. The van der Waals surface area contributed by atoms with Gasteiger partial charge in [0.05, 0.1) is 13.2 Å². The molecule has 2 aromatic rings. The number of benzene rings is 2. The van der Waals surface area contributed by atoms with E-state index in [1.807, 2.05) is 49.4 Å². The molecule has 0 spiro atoms. The van der Waals surface area contributed by atoms with E-state index in [9.17, 15) is 0 Å². The van der Waals surface area contributed by atoms with Crippen LogP contribution >= 0.6 is 24.0 Å². The molecule has 0 unspecified atom stereocenters. The molecule has 0 aliphatic heterocycles. The summed E-state index contributed by atoms with van der Waals surface area (Å²) in [6.07, 6.45) is 0. The molecular weight excluding hydrogens is 441 g/mol. The lowest BCUT2D eigenvalue weighted by Gasteiger charge is -2.13. The summed E-state index contributed by atoms with van der Waals surface area (Å²) in [6.45, 7) is 5.31. The van der Waals surface area contributed by atoms with Gasteiger partial charge in [0.25, 0.3) is 0 Å². The first-order valence-electron chi connectivity index (χ1n) is 8.59. The number of hydrogen-bond acceptors (Lipinski definition) is 3. The average molecular weight is 469 g/mol. The van der Waals surface area contributed by atoms with E-state index in [2.05, 4.69) is 27.8 Å². The topological polar surface area (TPSA) is 54.9 Å². The molecule has 0 fully saturated rings. The molecule has 0 saturated carbocycles. The molecule has 142 valence electrons. The highest BCUT2D eigenvalue weighted by molar-refractivity contribution is 14.0. The van der Waals surface area contributed by atoms with Gasteiger partial charge in [-0.3, -0.25) is 0 Å². The predicted molar refractivity (Wildman–Crippen MR) is 117 cm³/mol. The zero-order valence-corrected chi connectivity index (χ0v) is 17.7. The van der Waals surface area contributed by atoms with Gasteiger partial charge < -0.3 is 20.1 Å². The Kier molecular flexibility index (Phi) is 11.5. The van der Waals surface area contributed by atoms with Crippen LogP contribution in [0.25, 0.3) is 0 Å². The van der Waals surface area contributed by atoms with E-state index in [4.69, 9.17) is 9.47 Å². The summed E-state index contributed by atoms with van der Waals surface area (Å²) in [5.74, 6) is 1.64. The molecule has 0 heterocycles. The third-order valence-electron chi connectivity index (χ3n) is 3.56. The molecule has 2 rings (SSSR count). The highest BCUT2D eigenvalue weighted by Gasteiger charge is 2.04. The molecule has 5 nitrogen and oxygen atoms in total. The van der Waals surface area contributed by atoms with Gasteiger partial charge in [-0.15, -0.1) is 24.0 Å². The normalized spacial score (nSPS) is 10.8. The third-order valence-corrected chi connectivity index (χ3v) is 3.56. The average Bonchev–Trinajstić information content (AvgIpc) is 2.66. The monoisotopic (exact) mass is 469 g/mol. The first-order chi connectivity index (χ1) is 12.3. The number of para-hydroxylation sites is 1. The highest BCUT2D eigenvalue weighted by Crippen LogP contribution is 2.20. The van der Waals surface area contributed by atoms with Gasteiger partial charge in [-0.2, -0.15) is 0 Å². The number of methoxy groups -OCH3 is 1. The van der Waals surface area contributed by atoms with Gasteiger partial charge in [0, 0.05) is 25.8 Å². The molecule has 0 saturated heterocycles. The summed E-state index contributed by atoms with van der Waals surface area (Å²) in [4.78, 5) is 4.63. The second kappa shape index (κ2) is 13.4. The van der Waals surface area contributed by atoms with Crippen LogP contribution < -0.4 is 15.4 Å². The number of aliphatic imine (C=N–C) groups is 1. The van der Waals surface area contributed by atoms with E-state index >= 15 is 0 Å². The maximum absolute atomic E-state index is 5.98. The Hall–Kier alpha value is -1.80. The summed E-state index contributed by atoms with van der Waals surface area (Å²) >= 11 is 0. The third kappa shape index (κ3) is 8.05. The molecule has 26 heavy (non-hydrogen) atoms. The van der Waals surface area contributed by atoms with Crippen molar-refractivity contribution >= 4 is 29.9 Å². The lowest BCUT2D eigenvalue weighted by atomic mass is 10.2. The van der Waals surface area contributed by atoms with Gasteiger partial charge in [0.1, 0.15) is 12.4 Å². The summed E-state index contributed by atoms with van der Waals surface area (Å²) in [7, 11) is 1.69. The van der Waals surface area contributed by atoms with Crippen molar-refractivity contribution in [3.63, 3.8) is 0 Å². The van der Waals surface area contributed by atoms with Crippen LogP contribution in [0.2, 0.25) is 0 Å². The molecule has 0 aliphatic carbocycles. The summed E-state index contributed by atoms with van der Waals surface area (Å²) in [5.41, 5.74) is 2.21. The lowest BCUT2D eigenvalue weighted by Crippen LogP contribution is -2.38. The summed E-state index contributed by atoms with van der Waals surface area (Å²) in [6, 6.07) is 18.2. The van der Waals surface area contributed by atoms with Gasteiger partial charge in [0.15, 0.2) is 5.96 Å². The van der Waals surface area contributed by atoms with E-state index < -0.39 is 0 Å². The van der Waals surface area contributed by atoms with Crippen molar-refractivity contribution in [1.29, 1.82) is 0 Å². The number of nitrogens with zero attached hydrogens (tertiary/aromatic N) is 1. The Bertz CT molecular complexity index is 651. The first-order valence-corrected chi connectivity index (χ1v) is 8.59. The van der Waals surface area contributed by atoms with Crippen molar-refractivity contribution < 1.29 is 9.47 Å². The van der Waals surface area contributed by atoms with Crippen LogP contribution in [-0.4, -0.2) is 32.8 Å². The van der Waals surface area contributed by atoms with Crippen LogP contribution in [-0.2, 0) is 17.9 Å². The van der Waals surface area contributed by atoms with Gasteiger partial charge in [-0.1, -0.05) is 48.5 Å². The fourth-order valence-corrected chi connectivity index (χ4v) is 2.29. The second-order valence-corrected chi connectivity index (χ2v) is 5.50. The molecule has 0 radical (unpaired) electrons. The van der Waals surface area contributed by atoms with Crippen molar-refractivity contribution in [2.24, 2.45) is 4.99 Å². The van der Waals surface area contributed by atoms with Crippen LogP contribution in [0.15, 0.2) is 59.6 Å². The van der Waals surface area contributed by atoms with E-state index in [-0.39, 0.29) is 24.0 Å². The lowest BCUT2D eigenvalue weighted by molar-refractivity contribution is 0.203. The number of rotatable bonds is 9. The fourth-order valence-electron chi connectivity index (χ4n) is 2.29. The fraction of sp³-hybridized carbons (Fsp3) is 0.350. The van der Waals surface area contributed by atoms with Gasteiger partial charge in [-0.05, 0) is 18.6 Å². The minimum absolute atomic E-state index is 0. The molecule has 0 atom stereocenters. The number of hydrogen-bond donors (Lipinski definition) is 2. The Balaban J connectivity index is 0.00000338. The molecule has 2 aromatic carbocycles. The molecular formula is C20H28IN3O2. The van der Waals surface area contributed by atoms with E-state index in [1.165, 1.54) is 0 Å². The van der Waals surface area contributed by atoms with Crippen LogP contribution in [0.5, 0.6) is 5.75 Å². The van der Waals surface area contributed by atoms with Crippen molar-refractivity contribution in [2.45, 2.75) is 20.1 Å². The van der Waals surface area contributed by atoms with Crippen molar-refractivity contribution in [2.75, 3.05) is 26.8 Å². The Morgan fingerprint density at radius 3 is 2.46 bits per heavy atom. The van der Waals surface area contributed by atoms with Crippen molar-refractivity contribution in [3.05, 3.63) is 65.7 Å². The van der Waals surface area contributed by atoms with Crippen molar-refractivity contribution in [3.8, 4) is 5.75 Å². The van der Waals surface area contributed by atoms with E-state index in [1.54, 1.807) is 7.11 Å². The smallest absolute Gasteiger partial charge is 0.191 e. The second-order valence-electron chi connectivity index (χ2n) is 5.50. The van der Waals surface area contributed by atoms with Crippen molar-refractivity contribution in [1.82, 2.24) is 10.6 Å². The van der Waals surface area contributed by atoms with Gasteiger partial charge in [-0.25, -0.2) is 4.99 Å². The van der Waals surface area contributed by atoms with Gasteiger partial charge >= 0.3 is 0 Å². The Labute approximate surface area is 173 Å². The standard InChI is InChI=1S/C20H27N3O2.HI/c1-3-21-20(22-13-14-24-2)23-15-18-11-7-8-12-19(18)25-16-17-9-5-4-6-10-17;/h4-12H,3,13-16H2,1-2H3,(H2,21,22,23);1H. The Morgan fingerprint density at radius 1 is 1.00 bits per heavy atom. The molecule has 0 aliphatic rings. The van der Waals surface area contributed by atoms with Crippen LogP contribution in [0, 0.1) is 0 Å². The van der Waals surface area contributed by atoms with E-state index in [0.717, 1.165) is 29.4 Å². The number of ether oxygens (including phenoxy) is 2. The van der Waals surface area contributed by atoms with Crippen LogP contribution in [0.4, 0.5) is 0 Å².